The second-order valence-electron chi connectivity index (χ2n) is 5.71. The predicted octanol–water partition coefficient (Wildman–Crippen LogP) is 2.89. The van der Waals surface area contributed by atoms with Gasteiger partial charge in [0.2, 0.25) is 0 Å². The highest BCUT2D eigenvalue weighted by Gasteiger charge is 2.26. The van der Waals surface area contributed by atoms with Crippen LogP contribution in [0.1, 0.15) is 36.3 Å². The Labute approximate surface area is 131 Å². The Hall–Kier alpha value is -2.20. The molecule has 0 bridgehead atoms. The topological polar surface area (TPSA) is 53.4 Å². The molecule has 1 aromatic carbocycles. The summed E-state index contributed by atoms with van der Waals surface area (Å²) in [6.45, 7) is 4.38. The fraction of sp³-hybridized carbons (Fsp3) is 0.333. The van der Waals surface area contributed by atoms with Crippen LogP contribution in [0, 0.1) is 0 Å². The maximum atomic E-state index is 12.7. The summed E-state index contributed by atoms with van der Waals surface area (Å²) in [6.07, 6.45) is 2.18. The van der Waals surface area contributed by atoms with Crippen LogP contribution in [0.5, 0.6) is 0 Å². The van der Waals surface area contributed by atoms with Gasteiger partial charge in [0.05, 0.1) is 5.60 Å². The van der Waals surface area contributed by atoms with Gasteiger partial charge in [0, 0.05) is 19.3 Å². The molecule has 4 heteroatoms. The van der Waals surface area contributed by atoms with Crippen molar-refractivity contribution in [2.75, 3.05) is 6.54 Å². The predicted molar refractivity (Wildman–Crippen MR) is 86.3 cm³/mol. The van der Waals surface area contributed by atoms with E-state index < -0.39 is 5.60 Å². The smallest absolute Gasteiger partial charge is 0.272 e. The van der Waals surface area contributed by atoms with Gasteiger partial charge in [0.25, 0.3) is 5.91 Å². The molecule has 0 saturated heterocycles. The van der Waals surface area contributed by atoms with Crippen LogP contribution >= 0.6 is 0 Å². The zero-order chi connectivity index (χ0) is 16.0. The summed E-state index contributed by atoms with van der Waals surface area (Å²) in [5.41, 5.74) is 0.503. The maximum absolute atomic E-state index is 12.7. The molecule has 22 heavy (non-hydrogen) atoms. The lowest BCUT2D eigenvalue weighted by atomic mass is 10.0. The van der Waals surface area contributed by atoms with E-state index >= 15 is 0 Å². The Morgan fingerprint density at radius 3 is 2.45 bits per heavy atom. The molecule has 1 atom stereocenters. The van der Waals surface area contributed by atoms with Crippen molar-refractivity contribution in [3.8, 4) is 0 Å². The first kappa shape index (κ1) is 16.2. The molecule has 0 aliphatic heterocycles. The Morgan fingerprint density at radius 1 is 1.18 bits per heavy atom. The van der Waals surface area contributed by atoms with Crippen molar-refractivity contribution < 1.29 is 9.90 Å². The number of aromatic nitrogens is 1. The van der Waals surface area contributed by atoms with E-state index in [0.717, 1.165) is 5.56 Å². The van der Waals surface area contributed by atoms with Gasteiger partial charge in [-0.15, -0.1) is 0 Å². The summed E-state index contributed by atoms with van der Waals surface area (Å²) >= 11 is 0. The van der Waals surface area contributed by atoms with Crippen LogP contribution in [0.2, 0.25) is 0 Å². The van der Waals surface area contributed by atoms with E-state index in [1.807, 2.05) is 37.3 Å². The van der Waals surface area contributed by atoms with E-state index in [-0.39, 0.29) is 12.5 Å². The highest BCUT2D eigenvalue weighted by atomic mass is 16.3. The Balaban J connectivity index is 2.23. The average Bonchev–Trinajstić information content (AvgIpc) is 2.55. The van der Waals surface area contributed by atoms with Gasteiger partial charge in [-0.3, -0.25) is 9.78 Å². The Morgan fingerprint density at radius 2 is 1.86 bits per heavy atom. The third kappa shape index (κ3) is 4.40. The van der Waals surface area contributed by atoms with Crippen molar-refractivity contribution in [3.05, 3.63) is 66.0 Å². The van der Waals surface area contributed by atoms with Crippen LogP contribution in [-0.2, 0) is 6.54 Å². The van der Waals surface area contributed by atoms with E-state index in [1.54, 1.807) is 36.2 Å². The largest absolute Gasteiger partial charge is 0.388 e. The maximum Gasteiger partial charge on any atom is 0.272 e. The summed E-state index contributed by atoms with van der Waals surface area (Å²) in [4.78, 5) is 18.5. The summed E-state index contributed by atoms with van der Waals surface area (Å²) < 4.78 is 0. The van der Waals surface area contributed by atoms with Crippen molar-refractivity contribution in [1.82, 2.24) is 9.88 Å². The molecule has 1 N–H and O–H groups in total. The fourth-order valence-electron chi connectivity index (χ4n) is 2.18. The first-order chi connectivity index (χ1) is 10.5. The SMILES string of the molecule is CC[C@](C)(O)CN(Cc1ccccc1)C(=O)c1ccccn1. The Kier molecular flexibility index (Phi) is 5.28. The average molecular weight is 298 g/mol. The molecule has 2 aromatic rings. The minimum absolute atomic E-state index is 0.168. The zero-order valence-corrected chi connectivity index (χ0v) is 13.1. The fourth-order valence-corrected chi connectivity index (χ4v) is 2.18. The minimum atomic E-state index is -0.917. The quantitative estimate of drug-likeness (QED) is 0.892. The first-order valence-electron chi connectivity index (χ1n) is 7.48. The van der Waals surface area contributed by atoms with E-state index in [0.29, 0.717) is 18.7 Å². The molecular formula is C18H22N2O2. The minimum Gasteiger partial charge on any atom is -0.388 e. The molecular weight excluding hydrogens is 276 g/mol. The van der Waals surface area contributed by atoms with E-state index in [9.17, 15) is 9.90 Å². The van der Waals surface area contributed by atoms with Gasteiger partial charge in [-0.25, -0.2) is 0 Å². The number of hydrogen-bond donors (Lipinski definition) is 1. The van der Waals surface area contributed by atoms with Crippen molar-refractivity contribution in [2.45, 2.75) is 32.4 Å². The van der Waals surface area contributed by atoms with Gasteiger partial charge < -0.3 is 10.0 Å². The van der Waals surface area contributed by atoms with Crippen LogP contribution in [-0.4, -0.2) is 33.0 Å². The second kappa shape index (κ2) is 7.18. The van der Waals surface area contributed by atoms with Gasteiger partial charge in [-0.05, 0) is 31.0 Å². The number of carbonyl (C=O) groups excluding carboxylic acids is 1. The number of aliphatic hydroxyl groups is 1. The van der Waals surface area contributed by atoms with Crippen LogP contribution < -0.4 is 0 Å². The van der Waals surface area contributed by atoms with E-state index in [4.69, 9.17) is 0 Å². The van der Waals surface area contributed by atoms with Gasteiger partial charge in [0.15, 0.2) is 0 Å². The van der Waals surface area contributed by atoms with Crippen LogP contribution in [0.25, 0.3) is 0 Å². The molecule has 0 saturated carbocycles. The molecule has 1 amide bonds. The molecule has 0 fully saturated rings. The standard InChI is InChI=1S/C18H22N2O2/c1-3-18(2,22)14-20(13-15-9-5-4-6-10-15)17(21)16-11-7-8-12-19-16/h4-12,22H,3,13-14H2,1-2H3/t18-/m0/s1. The first-order valence-corrected chi connectivity index (χ1v) is 7.48. The lowest BCUT2D eigenvalue weighted by molar-refractivity contribution is 0.0133. The summed E-state index contributed by atoms with van der Waals surface area (Å²) in [5.74, 6) is -0.168. The van der Waals surface area contributed by atoms with Gasteiger partial charge in [-0.1, -0.05) is 43.3 Å². The van der Waals surface area contributed by atoms with Gasteiger partial charge >= 0.3 is 0 Å². The third-order valence-corrected chi connectivity index (χ3v) is 3.68. The molecule has 0 aliphatic rings. The lowest BCUT2D eigenvalue weighted by Gasteiger charge is -2.31. The Bertz CT molecular complexity index is 597. The summed E-state index contributed by atoms with van der Waals surface area (Å²) in [5, 5.41) is 10.4. The summed E-state index contributed by atoms with van der Waals surface area (Å²) in [6, 6.07) is 15.0. The van der Waals surface area contributed by atoms with E-state index in [2.05, 4.69) is 4.98 Å². The van der Waals surface area contributed by atoms with Crippen molar-refractivity contribution in [2.24, 2.45) is 0 Å². The number of pyridine rings is 1. The van der Waals surface area contributed by atoms with Gasteiger partial charge in [0.1, 0.15) is 5.69 Å². The molecule has 0 spiro atoms. The van der Waals surface area contributed by atoms with Crippen LogP contribution in [0.4, 0.5) is 0 Å². The zero-order valence-electron chi connectivity index (χ0n) is 13.1. The molecule has 1 heterocycles. The number of hydrogen-bond acceptors (Lipinski definition) is 3. The second-order valence-corrected chi connectivity index (χ2v) is 5.71. The number of benzene rings is 1. The van der Waals surface area contributed by atoms with Crippen LogP contribution in [0.15, 0.2) is 54.7 Å². The lowest BCUT2D eigenvalue weighted by Crippen LogP contribution is -2.43. The number of nitrogens with zero attached hydrogens (tertiary/aromatic N) is 2. The third-order valence-electron chi connectivity index (χ3n) is 3.68. The molecule has 0 aliphatic carbocycles. The molecule has 2 rings (SSSR count). The highest BCUT2D eigenvalue weighted by Crippen LogP contribution is 2.16. The monoisotopic (exact) mass is 298 g/mol. The number of amides is 1. The molecule has 1 aromatic heterocycles. The van der Waals surface area contributed by atoms with Crippen molar-refractivity contribution >= 4 is 5.91 Å². The van der Waals surface area contributed by atoms with Crippen molar-refractivity contribution in [3.63, 3.8) is 0 Å². The number of rotatable bonds is 6. The van der Waals surface area contributed by atoms with Gasteiger partial charge in [-0.2, -0.15) is 0 Å². The molecule has 0 radical (unpaired) electrons. The van der Waals surface area contributed by atoms with Crippen molar-refractivity contribution in [1.29, 1.82) is 0 Å². The summed E-state index contributed by atoms with van der Waals surface area (Å²) in [7, 11) is 0. The normalized spacial score (nSPS) is 13.4. The number of carbonyl (C=O) groups is 1. The highest BCUT2D eigenvalue weighted by molar-refractivity contribution is 5.92. The molecule has 116 valence electrons. The van der Waals surface area contributed by atoms with Crippen LogP contribution in [0.3, 0.4) is 0 Å². The van der Waals surface area contributed by atoms with E-state index in [1.165, 1.54) is 0 Å². The molecule has 0 unspecified atom stereocenters. The molecule has 4 nitrogen and oxygen atoms in total.